The van der Waals surface area contributed by atoms with Gasteiger partial charge in [0.1, 0.15) is 5.01 Å². The third kappa shape index (κ3) is 3.06. The van der Waals surface area contributed by atoms with Crippen molar-refractivity contribution in [2.24, 2.45) is 0 Å². The van der Waals surface area contributed by atoms with E-state index in [0.29, 0.717) is 18.6 Å². The number of hydrogen-bond acceptors (Lipinski definition) is 5. The number of para-hydroxylation sites is 1. The number of benzene rings is 2. The normalized spacial score (nSPS) is 11.6. The van der Waals surface area contributed by atoms with E-state index in [2.05, 4.69) is 21.0 Å². The fraction of sp³-hybridized carbons (Fsp3) is 0.211. The molecule has 0 saturated heterocycles. The number of aromatic nitrogens is 3. The van der Waals surface area contributed by atoms with E-state index < -0.39 is 0 Å². The molecule has 4 rings (SSSR count). The van der Waals surface area contributed by atoms with Gasteiger partial charge in [0, 0.05) is 5.39 Å². The zero-order chi connectivity index (χ0) is 17.4. The maximum absolute atomic E-state index is 12.7. The zero-order valence-electron chi connectivity index (χ0n) is 14.1. The number of rotatable bonds is 4. The lowest BCUT2D eigenvalue weighted by atomic mass is 10.1. The summed E-state index contributed by atoms with van der Waals surface area (Å²) in [6, 6.07) is 15.7. The first-order chi connectivity index (χ1) is 12.1. The highest BCUT2D eigenvalue weighted by Gasteiger charge is 2.11. The number of nitrogens with zero attached hydrogens (tertiary/aromatic N) is 4. The summed E-state index contributed by atoms with van der Waals surface area (Å²) in [7, 11) is 1.98. The molecular formula is C19H18N4OS. The summed E-state index contributed by atoms with van der Waals surface area (Å²) in [4.78, 5) is 19.4. The molecule has 2 heterocycles. The third-order valence-electron chi connectivity index (χ3n) is 4.17. The van der Waals surface area contributed by atoms with Gasteiger partial charge < -0.3 is 0 Å². The Labute approximate surface area is 149 Å². The Morgan fingerprint density at radius 3 is 2.60 bits per heavy atom. The summed E-state index contributed by atoms with van der Waals surface area (Å²) in [6.45, 7) is 3.05. The van der Waals surface area contributed by atoms with Crippen LogP contribution in [0.3, 0.4) is 0 Å². The second-order valence-corrected chi connectivity index (χ2v) is 7.28. The van der Waals surface area contributed by atoms with Crippen molar-refractivity contribution in [1.82, 2.24) is 19.7 Å². The molecular weight excluding hydrogens is 332 g/mol. The van der Waals surface area contributed by atoms with Gasteiger partial charge in [-0.25, -0.2) is 9.67 Å². The molecule has 25 heavy (non-hydrogen) atoms. The van der Waals surface area contributed by atoms with Gasteiger partial charge in [-0.2, -0.15) is 5.10 Å². The van der Waals surface area contributed by atoms with Crippen LogP contribution in [-0.2, 0) is 13.2 Å². The number of thiazole rings is 1. The smallest absolute Gasteiger partial charge is 0.275 e. The summed E-state index contributed by atoms with van der Waals surface area (Å²) in [5.74, 6) is 0. The lowest BCUT2D eigenvalue weighted by Gasteiger charge is -2.17. The van der Waals surface area contributed by atoms with Crippen molar-refractivity contribution in [3.8, 4) is 0 Å². The summed E-state index contributed by atoms with van der Waals surface area (Å²) in [5.41, 5.74) is 1.83. The first-order valence-corrected chi connectivity index (χ1v) is 8.93. The topological polar surface area (TPSA) is 51.0 Å². The van der Waals surface area contributed by atoms with E-state index >= 15 is 0 Å². The Morgan fingerprint density at radius 2 is 1.80 bits per heavy atom. The molecule has 0 aliphatic heterocycles. The van der Waals surface area contributed by atoms with E-state index in [-0.39, 0.29) is 5.56 Å². The summed E-state index contributed by atoms with van der Waals surface area (Å²) in [6.07, 6.45) is 0. The fourth-order valence-corrected chi connectivity index (χ4v) is 4.05. The van der Waals surface area contributed by atoms with Gasteiger partial charge in [-0.15, -0.1) is 11.3 Å². The largest absolute Gasteiger partial charge is 0.281 e. The van der Waals surface area contributed by atoms with Crippen LogP contribution in [0.1, 0.15) is 10.7 Å². The van der Waals surface area contributed by atoms with Gasteiger partial charge in [0.25, 0.3) is 5.56 Å². The van der Waals surface area contributed by atoms with Crippen LogP contribution in [0.25, 0.3) is 21.0 Å². The van der Waals surface area contributed by atoms with E-state index in [9.17, 15) is 4.79 Å². The molecule has 0 bridgehead atoms. The van der Waals surface area contributed by atoms with Gasteiger partial charge in [0.2, 0.25) is 0 Å². The van der Waals surface area contributed by atoms with Crippen molar-refractivity contribution in [3.05, 3.63) is 69.6 Å². The Bertz CT molecular complexity index is 1080. The molecule has 2 aromatic carbocycles. The summed E-state index contributed by atoms with van der Waals surface area (Å²) >= 11 is 1.69. The highest BCUT2D eigenvalue weighted by molar-refractivity contribution is 7.18. The van der Waals surface area contributed by atoms with Crippen LogP contribution in [0.5, 0.6) is 0 Å². The second kappa shape index (κ2) is 6.38. The number of fused-ring (bicyclic) bond motifs is 2. The summed E-state index contributed by atoms with van der Waals surface area (Å²) in [5, 5.41) is 7.13. The lowest BCUT2D eigenvalue weighted by molar-refractivity contribution is 0.240. The third-order valence-corrected chi connectivity index (χ3v) is 5.19. The van der Waals surface area contributed by atoms with Crippen molar-refractivity contribution in [2.75, 3.05) is 7.05 Å². The summed E-state index contributed by atoms with van der Waals surface area (Å²) < 4.78 is 2.72. The highest BCUT2D eigenvalue weighted by atomic mass is 32.1. The van der Waals surface area contributed by atoms with E-state index in [4.69, 9.17) is 0 Å². The molecule has 126 valence electrons. The van der Waals surface area contributed by atoms with Gasteiger partial charge in [-0.3, -0.25) is 9.69 Å². The molecule has 0 aliphatic carbocycles. The van der Waals surface area contributed by atoms with Crippen molar-refractivity contribution in [3.63, 3.8) is 0 Å². The molecule has 0 unspecified atom stereocenters. The molecule has 0 amide bonds. The molecule has 0 N–H and O–H groups in total. The molecule has 0 saturated carbocycles. The van der Waals surface area contributed by atoms with Crippen LogP contribution >= 0.6 is 11.3 Å². The lowest BCUT2D eigenvalue weighted by Crippen LogP contribution is -2.32. The average molecular weight is 350 g/mol. The van der Waals surface area contributed by atoms with Crippen molar-refractivity contribution in [1.29, 1.82) is 0 Å². The van der Waals surface area contributed by atoms with Crippen LogP contribution in [-0.4, -0.2) is 26.7 Å². The molecule has 5 nitrogen and oxygen atoms in total. The van der Waals surface area contributed by atoms with E-state index in [0.717, 1.165) is 21.6 Å². The Kier molecular flexibility index (Phi) is 4.07. The number of hydrogen-bond donors (Lipinski definition) is 0. The molecule has 4 aromatic rings. The minimum Gasteiger partial charge on any atom is -0.281 e. The fourth-order valence-electron chi connectivity index (χ4n) is 3.00. The minimum absolute atomic E-state index is 0.0580. The van der Waals surface area contributed by atoms with Crippen LogP contribution in [0.15, 0.2) is 53.3 Å². The molecule has 2 aromatic heterocycles. The van der Waals surface area contributed by atoms with E-state index in [1.807, 2.05) is 56.4 Å². The highest BCUT2D eigenvalue weighted by Crippen LogP contribution is 2.22. The van der Waals surface area contributed by atoms with Gasteiger partial charge >= 0.3 is 0 Å². The molecule has 0 radical (unpaired) electrons. The Balaban J connectivity index is 1.60. The monoisotopic (exact) mass is 350 g/mol. The van der Waals surface area contributed by atoms with Crippen LogP contribution in [0, 0.1) is 6.92 Å². The predicted octanol–water partition coefficient (Wildman–Crippen LogP) is 3.40. The molecule has 6 heteroatoms. The van der Waals surface area contributed by atoms with Crippen LogP contribution < -0.4 is 5.56 Å². The standard InChI is InChI=1S/C19H18N4OS/c1-13-14-7-3-4-8-15(14)19(24)23(21-13)12-22(2)11-18-20-16-9-5-6-10-17(16)25-18/h3-10H,11-12H2,1-2H3. The van der Waals surface area contributed by atoms with Gasteiger partial charge in [0.15, 0.2) is 0 Å². The Morgan fingerprint density at radius 1 is 1.08 bits per heavy atom. The number of aryl methyl sites for hydroxylation is 1. The van der Waals surface area contributed by atoms with Crippen molar-refractivity contribution < 1.29 is 0 Å². The van der Waals surface area contributed by atoms with Gasteiger partial charge in [-0.05, 0) is 32.2 Å². The first kappa shape index (κ1) is 15.9. The van der Waals surface area contributed by atoms with Crippen molar-refractivity contribution in [2.45, 2.75) is 20.1 Å². The van der Waals surface area contributed by atoms with E-state index in [1.54, 1.807) is 11.3 Å². The molecule has 0 fully saturated rings. The molecule has 0 aliphatic rings. The van der Waals surface area contributed by atoms with E-state index in [1.165, 1.54) is 9.38 Å². The average Bonchev–Trinajstić information content (AvgIpc) is 3.01. The van der Waals surface area contributed by atoms with Crippen LogP contribution in [0.4, 0.5) is 0 Å². The Hall–Kier alpha value is -2.57. The van der Waals surface area contributed by atoms with Crippen molar-refractivity contribution >= 4 is 32.3 Å². The first-order valence-electron chi connectivity index (χ1n) is 8.11. The minimum atomic E-state index is -0.0580. The van der Waals surface area contributed by atoms with Crippen LogP contribution in [0.2, 0.25) is 0 Å². The molecule has 0 spiro atoms. The maximum atomic E-state index is 12.7. The second-order valence-electron chi connectivity index (χ2n) is 6.17. The van der Waals surface area contributed by atoms with Gasteiger partial charge in [-0.1, -0.05) is 30.3 Å². The predicted molar refractivity (Wildman–Crippen MR) is 102 cm³/mol. The van der Waals surface area contributed by atoms with Gasteiger partial charge in [0.05, 0.1) is 34.5 Å². The zero-order valence-corrected chi connectivity index (χ0v) is 15.0. The SMILES string of the molecule is Cc1nn(CN(C)Cc2nc3ccccc3s2)c(=O)c2ccccc12. The maximum Gasteiger partial charge on any atom is 0.275 e. The molecule has 0 atom stereocenters. The quantitative estimate of drug-likeness (QED) is 0.566.